The number of benzene rings is 8. The van der Waals surface area contributed by atoms with Crippen LogP contribution in [0.3, 0.4) is 0 Å². The van der Waals surface area contributed by atoms with Crippen LogP contribution in [0.1, 0.15) is 25.8 Å². The minimum Gasteiger partial charge on any atom is -0.455 e. The maximum Gasteiger partial charge on any atom is 0.143 e. The zero-order valence-corrected chi connectivity index (χ0v) is 28.8. The molecule has 2 nitrogen and oxygen atoms in total. The number of fused-ring (bicyclic) bond motifs is 9. The van der Waals surface area contributed by atoms with Crippen molar-refractivity contribution in [3.05, 3.63) is 182 Å². The van der Waals surface area contributed by atoms with Gasteiger partial charge in [0.15, 0.2) is 0 Å². The summed E-state index contributed by atoms with van der Waals surface area (Å²) in [5, 5.41) is 9.60. The number of allylic oxidation sites excluding steroid dienone is 4. The number of nitrogens with zero attached hydrogens (tertiary/aromatic N) is 1. The molecular formula is C49H37NO. The van der Waals surface area contributed by atoms with E-state index in [0.29, 0.717) is 0 Å². The molecule has 0 amide bonds. The Morgan fingerprint density at radius 2 is 1.16 bits per heavy atom. The maximum absolute atomic E-state index is 6.58. The molecule has 0 spiro atoms. The molecule has 0 aliphatic heterocycles. The summed E-state index contributed by atoms with van der Waals surface area (Å²) in [5.74, 6) is 0. The van der Waals surface area contributed by atoms with Crippen LogP contribution in [0, 0.1) is 0 Å². The predicted octanol–water partition coefficient (Wildman–Crippen LogP) is 14.6. The molecule has 0 aliphatic carbocycles. The van der Waals surface area contributed by atoms with Crippen molar-refractivity contribution in [2.45, 2.75) is 20.3 Å². The zero-order chi connectivity index (χ0) is 34.3. The number of anilines is 3. The zero-order valence-electron chi connectivity index (χ0n) is 28.8. The summed E-state index contributed by atoms with van der Waals surface area (Å²) in [5.41, 5.74) is 9.99. The average Bonchev–Trinajstić information content (AvgIpc) is 3.58. The van der Waals surface area contributed by atoms with Crippen molar-refractivity contribution in [1.82, 2.24) is 0 Å². The third kappa shape index (κ3) is 5.37. The van der Waals surface area contributed by atoms with E-state index in [4.69, 9.17) is 4.42 Å². The molecule has 0 atom stereocenters. The van der Waals surface area contributed by atoms with Crippen LogP contribution >= 0.6 is 0 Å². The first kappa shape index (κ1) is 30.7. The van der Waals surface area contributed by atoms with Crippen molar-refractivity contribution in [2.75, 3.05) is 4.90 Å². The van der Waals surface area contributed by atoms with Gasteiger partial charge in [-0.2, -0.15) is 0 Å². The van der Waals surface area contributed by atoms with Gasteiger partial charge in [0.25, 0.3) is 0 Å². The van der Waals surface area contributed by atoms with E-state index in [9.17, 15) is 0 Å². The maximum atomic E-state index is 6.58. The largest absolute Gasteiger partial charge is 0.455 e. The van der Waals surface area contributed by atoms with Crippen LogP contribution in [0.4, 0.5) is 17.1 Å². The van der Waals surface area contributed by atoms with Gasteiger partial charge in [-0.05, 0) is 111 Å². The van der Waals surface area contributed by atoms with E-state index in [2.05, 4.69) is 195 Å². The summed E-state index contributed by atoms with van der Waals surface area (Å²) < 4.78 is 6.58. The van der Waals surface area contributed by atoms with Crippen molar-refractivity contribution >= 4 is 76.9 Å². The normalized spacial score (nSPS) is 12.2. The van der Waals surface area contributed by atoms with Crippen LogP contribution in [-0.2, 0) is 0 Å². The molecule has 0 bridgehead atoms. The Hall–Kier alpha value is -6.38. The molecule has 0 unspecified atom stereocenters. The lowest BCUT2D eigenvalue weighted by molar-refractivity contribution is 0.673. The monoisotopic (exact) mass is 655 g/mol. The first-order chi connectivity index (χ1) is 25.2. The lowest BCUT2D eigenvalue weighted by atomic mass is 9.96. The van der Waals surface area contributed by atoms with Gasteiger partial charge in [0.1, 0.15) is 11.2 Å². The minimum absolute atomic E-state index is 0.907. The van der Waals surface area contributed by atoms with E-state index < -0.39 is 0 Å². The molecule has 1 aromatic heterocycles. The van der Waals surface area contributed by atoms with Gasteiger partial charge in [0, 0.05) is 33.2 Å². The quantitative estimate of drug-likeness (QED) is 0.125. The van der Waals surface area contributed by atoms with Gasteiger partial charge in [-0.25, -0.2) is 0 Å². The van der Waals surface area contributed by atoms with E-state index in [-0.39, 0.29) is 0 Å². The van der Waals surface area contributed by atoms with E-state index in [0.717, 1.165) is 56.5 Å². The molecule has 0 aliphatic rings. The third-order valence-electron chi connectivity index (χ3n) is 10.0. The fraction of sp³-hybridized carbons (Fsp3) is 0.0612. The molecule has 9 rings (SSSR count). The average molecular weight is 656 g/mol. The third-order valence-corrected chi connectivity index (χ3v) is 10.0. The van der Waals surface area contributed by atoms with E-state index >= 15 is 0 Å². The van der Waals surface area contributed by atoms with Crippen LogP contribution in [0.5, 0.6) is 0 Å². The van der Waals surface area contributed by atoms with Crippen LogP contribution in [0.25, 0.3) is 71.0 Å². The number of hydrogen-bond donors (Lipinski definition) is 0. The molecule has 0 radical (unpaired) electrons. The van der Waals surface area contributed by atoms with Gasteiger partial charge < -0.3 is 9.32 Å². The Morgan fingerprint density at radius 3 is 1.88 bits per heavy atom. The summed E-state index contributed by atoms with van der Waals surface area (Å²) in [4.78, 5) is 2.35. The highest BCUT2D eigenvalue weighted by Gasteiger charge is 2.17. The molecule has 244 valence electrons. The summed E-state index contributed by atoms with van der Waals surface area (Å²) in [6.07, 6.45) is 7.57. The first-order valence-electron chi connectivity index (χ1n) is 17.8. The molecule has 0 fully saturated rings. The fourth-order valence-corrected chi connectivity index (χ4v) is 7.64. The van der Waals surface area contributed by atoms with Gasteiger partial charge in [-0.15, -0.1) is 0 Å². The van der Waals surface area contributed by atoms with Crippen molar-refractivity contribution < 1.29 is 4.42 Å². The molecule has 1 heterocycles. The second-order valence-electron chi connectivity index (χ2n) is 13.1. The Kier molecular flexibility index (Phi) is 7.71. The van der Waals surface area contributed by atoms with E-state index in [1.54, 1.807) is 0 Å². The highest BCUT2D eigenvalue weighted by Crippen LogP contribution is 2.43. The molecule has 2 heteroatoms. The molecule has 0 saturated heterocycles. The summed E-state index contributed by atoms with van der Waals surface area (Å²) >= 11 is 0. The number of furan rings is 1. The van der Waals surface area contributed by atoms with Crippen molar-refractivity contribution in [3.63, 3.8) is 0 Å². The number of rotatable bonds is 7. The minimum atomic E-state index is 0.907. The highest BCUT2D eigenvalue weighted by molar-refractivity contribution is 6.30. The van der Waals surface area contributed by atoms with Crippen LogP contribution < -0.4 is 4.90 Å². The topological polar surface area (TPSA) is 16.4 Å². The van der Waals surface area contributed by atoms with Crippen molar-refractivity contribution in [2.24, 2.45) is 0 Å². The smallest absolute Gasteiger partial charge is 0.143 e. The summed E-state index contributed by atoms with van der Waals surface area (Å²) in [6, 6.07) is 57.0. The van der Waals surface area contributed by atoms with Gasteiger partial charge in [0.2, 0.25) is 0 Å². The van der Waals surface area contributed by atoms with E-state index in [1.807, 2.05) is 0 Å². The molecule has 0 saturated carbocycles. The molecule has 8 aromatic carbocycles. The summed E-state index contributed by atoms with van der Waals surface area (Å²) in [6.45, 7) is 4.25. The van der Waals surface area contributed by atoms with E-state index in [1.165, 1.54) is 43.5 Å². The Bertz CT molecular complexity index is 2780. The standard InChI is InChI=1S/C49H37NO/c1-3-11-33(12-4-2)35-19-25-39(26-20-35)50(41-29-23-34-13-5-6-14-37(34)31-41)40-27-21-36(22-28-40)38-24-30-47-46(32-38)48-44-17-9-7-15-42(44)43-16-8-10-18-45(43)49(48)51-47/h3,5-32H,4H2,1-2H3/b11-3-,33-12+. The molecular weight excluding hydrogens is 619 g/mol. The molecule has 0 N–H and O–H groups in total. The van der Waals surface area contributed by atoms with Crippen LogP contribution in [0.2, 0.25) is 0 Å². The van der Waals surface area contributed by atoms with Crippen molar-refractivity contribution in [3.8, 4) is 11.1 Å². The summed E-state index contributed by atoms with van der Waals surface area (Å²) in [7, 11) is 0. The van der Waals surface area contributed by atoms with Gasteiger partial charge in [-0.1, -0.05) is 134 Å². The molecule has 51 heavy (non-hydrogen) atoms. The fourth-order valence-electron chi connectivity index (χ4n) is 7.64. The van der Waals surface area contributed by atoms with Crippen molar-refractivity contribution in [1.29, 1.82) is 0 Å². The SMILES string of the molecule is C/C=C\C(=C/CC)c1ccc(N(c2ccc(-c3ccc4oc5c6ccccc6c6ccccc6c5c4c3)cc2)c2ccc3ccccc3c2)cc1. The predicted molar refractivity (Wildman–Crippen MR) is 219 cm³/mol. The van der Waals surface area contributed by atoms with Gasteiger partial charge in [-0.3, -0.25) is 0 Å². The Labute approximate surface area is 298 Å². The lowest BCUT2D eigenvalue weighted by Gasteiger charge is -2.26. The van der Waals surface area contributed by atoms with Gasteiger partial charge >= 0.3 is 0 Å². The van der Waals surface area contributed by atoms with Crippen LogP contribution in [-0.4, -0.2) is 0 Å². The Morgan fingerprint density at radius 1 is 0.549 bits per heavy atom. The van der Waals surface area contributed by atoms with Gasteiger partial charge in [0.05, 0.1) is 0 Å². The second-order valence-corrected chi connectivity index (χ2v) is 13.1. The van der Waals surface area contributed by atoms with Crippen LogP contribution in [0.15, 0.2) is 180 Å². The Balaban J connectivity index is 1.15. The first-order valence-corrected chi connectivity index (χ1v) is 17.8. The number of hydrogen-bond acceptors (Lipinski definition) is 2. The second kappa shape index (κ2) is 12.8. The lowest BCUT2D eigenvalue weighted by Crippen LogP contribution is -2.10. The highest BCUT2D eigenvalue weighted by atomic mass is 16.3. The molecule has 9 aromatic rings.